The molecule has 0 amide bonds. The van der Waals surface area contributed by atoms with Crippen LogP contribution in [0.5, 0.6) is 5.75 Å². The zero-order valence-corrected chi connectivity index (χ0v) is 10.7. The predicted octanol–water partition coefficient (Wildman–Crippen LogP) is 2.84. The molecule has 0 unspecified atom stereocenters. The van der Waals surface area contributed by atoms with E-state index in [9.17, 15) is 0 Å². The van der Waals surface area contributed by atoms with Crippen molar-refractivity contribution in [2.45, 2.75) is 32.9 Å². The van der Waals surface area contributed by atoms with Gasteiger partial charge in [-0.05, 0) is 23.6 Å². The fourth-order valence-corrected chi connectivity index (χ4v) is 1.62. The molecule has 2 N–H and O–H groups in total. The highest BCUT2D eigenvalue weighted by Gasteiger charge is 2.04. The van der Waals surface area contributed by atoms with Crippen molar-refractivity contribution in [2.75, 3.05) is 0 Å². The van der Waals surface area contributed by atoms with Crippen LogP contribution in [0.3, 0.4) is 0 Å². The van der Waals surface area contributed by atoms with Crippen LogP contribution in [0.1, 0.15) is 36.8 Å². The number of aromatic nitrogens is 1. The topological polar surface area (TPSA) is 61.3 Å². The number of hydrogen-bond acceptors (Lipinski definition) is 4. The summed E-state index contributed by atoms with van der Waals surface area (Å²) >= 11 is 0. The maximum atomic E-state index is 5.61. The maximum absolute atomic E-state index is 5.61. The Morgan fingerprint density at radius 1 is 1.28 bits per heavy atom. The van der Waals surface area contributed by atoms with Gasteiger partial charge in [0.05, 0.1) is 5.69 Å². The van der Waals surface area contributed by atoms with E-state index in [4.69, 9.17) is 15.0 Å². The van der Waals surface area contributed by atoms with Gasteiger partial charge in [-0.25, -0.2) is 0 Å². The Morgan fingerprint density at radius 2 is 2.00 bits per heavy atom. The second-order valence-corrected chi connectivity index (χ2v) is 4.50. The minimum atomic E-state index is 0.369. The van der Waals surface area contributed by atoms with Gasteiger partial charge in [-0.15, -0.1) is 0 Å². The van der Waals surface area contributed by atoms with E-state index in [0.29, 0.717) is 24.8 Å². The van der Waals surface area contributed by atoms with Gasteiger partial charge in [0.25, 0.3) is 0 Å². The number of nitrogens with two attached hydrogens (primary N) is 1. The molecule has 0 aliphatic carbocycles. The molecule has 0 bridgehead atoms. The van der Waals surface area contributed by atoms with Crippen LogP contribution >= 0.6 is 0 Å². The van der Waals surface area contributed by atoms with Gasteiger partial charge in [0, 0.05) is 12.6 Å². The average Bonchev–Trinajstić information content (AvgIpc) is 2.85. The molecule has 0 saturated heterocycles. The van der Waals surface area contributed by atoms with Crippen molar-refractivity contribution in [3.63, 3.8) is 0 Å². The summed E-state index contributed by atoms with van der Waals surface area (Å²) in [6.07, 6.45) is 0. The number of ether oxygens (including phenoxy) is 1. The van der Waals surface area contributed by atoms with E-state index in [0.717, 1.165) is 11.4 Å². The number of hydrogen-bond donors (Lipinski definition) is 1. The van der Waals surface area contributed by atoms with Crippen molar-refractivity contribution >= 4 is 0 Å². The Hall–Kier alpha value is -1.81. The van der Waals surface area contributed by atoms with E-state index in [1.807, 2.05) is 18.2 Å². The summed E-state index contributed by atoms with van der Waals surface area (Å²) in [6.45, 7) is 5.08. The van der Waals surface area contributed by atoms with Crippen molar-refractivity contribution < 1.29 is 9.26 Å². The first-order chi connectivity index (χ1) is 8.69. The van der Waals surface area contributed by atoms with Gasteiger partial charge >= 0.3 is 0 Å². The minimum Gasteiger partial charge on any atom is -0.486 e. The number of benzene rings is 1. The van der Waals surface area contributed by atoms with E-state index >= 15 is 0 Å². The Bertz CT molecular complexity index is 489. The second-order valence-electron chi connectivity index (χ2n) is 4.50. The van der Waals surface area contributed by atoms with Crippen LogP contribution in [0.4, 0.5) is 0 Å². The summed E-state index contributed by atoms with van der Waals surface area (Å²) < 4.78 is 10.7. The lowest BCUT2D eigenvalue weighted by Gasteiger charge is -2.07. The molecule has 0 atom stereocenters. The van der Waals surface area contributed by atoms with E-state index in [2.05, 4.69) is 31.1 Å². The Kier molecular flexibility index (Phi) is 3.99. The molecule has 4 nitrogen and oxygen atoms in total. The number of rotatable bonds is 5. The monoisotopic (exact) mass is 246 g/mol. The molecular weight excluding hydrogens is 228 g/mol. The normalized spacial score (nSPS) is 10.9. The zero-order valence-electron chi connectivity index (χ0n) is 10.7. The largest absolute Gasteiger partial charge is 0.486 e. The molecule has 96 valence electrons. The highest BCUT2D eigenvalue weighted by molar-refractivity contribution is 5.29. The fraction of sp³-hybridized carbons (Fsp3) is 0.357. The molecular formula is C14H18N2O2. The Morgan fingerprint density at radius 3 is 2.56 bits per heavy atom. The average molecular weight is 246 g/mol. The van der Waals surface area contributed by atoms with Crippen LogP contribution in [0.2, 0.25) is 0 Å². The van der Waals surface area contributed by atoms with E-state index in [1.54, 1.807) is 0 Å². The van der Waals surface area contributed by atoms with E-state index < -0.39 is 0 Å². The maximum Gasteiger partial charge on any atom is 0.174 e. The summed E-state index contributed by atoms with van der Waals surface area (Å²) in [6, 6.07) is 9.89. The summed E-state index contributed by atoms with van der Waals surface area (Å²) in [5.74, 6) is 2.04. The molecule has 0 saturated carbocycles. The smallest absolute Gasteiger partial charge is 0.174 e. The summed E-state index contributed by atoms with van der Waals surface area (Å²) in [7, 11) is 0. The molecule has 0 aliphatic heterocycles. The van der Waals surface area contributed by atoms with E-state index in [-0.39, 0.29) is 0 Å². The summed E-state index contributed by atoms with van der Waals surface area (Å²) in [4.78, 5) is 0. The van der Waals surface area contributed by atoms with Crippen molar-refractivity contribution in [3.05, 3.63) is 47.3 Å². The molecule has 1 heterocycles. The van der Waals surface area contributed by atoms with Crippen molar-refractivity contribution in [1.82, 2.24) is 5.16 Å². The van der Waals surface area contributed by atoms with E-state index in [1.165, 1.54) is 5.56 Å². The van der Waals surface area contributed by atoms with Crippen LogP contribution in [-0.2, 0) is 13.2 Å². The molecule has 0 fully saturated rings. The molecule has 2 rings (SSSR count). The first-order valence-electron chi connectivity index (χ1n) is 6.06. The summed E-state index contributed by atoms with van der Waals surface area (Å²) in [5.41, 5.74) is 7.49. The fourth-order valence-electron chi connectivity index (χ4n) is 1.62. The van der Waals surface area contributed by atoms with Crippen LogP contribution in [0, 0.1) is 0 Å². The van der Waals surface area contributed by atoms with Gasteiger partial charge in [0.1, 0.15) is 12.4 Å². The number of nitrogens with zero attached hydrogens (tertiary/aromatic N) is 1. The Balaban J connectivity index is 1.93. The standard InChI is InChI=1S/C14H18N2O2/c1-10(2)11-3-5-13(6-4-11)17-9-14-7-12(8-15)16-18-14/h3-7,10H,8-9,15H2,1-2H3. The zero-order chi connectivity index (χ0) is 13.0. The van der Waals surface area contributed by atoms with Gasteiger partial charge in [-0.1, -0.05) is 31.1 Å². The molecule has 0 spiro atoms. The van der Waals surface area contributed by atoms with Crippen LogP contribution in [0.15, 0.2) is 34.9 Å². The lowest BCUT2D eigenvalue weighted by molar-refractivity contribution is 0.248. The molecule has 1 aromatic heterocycles. The van der Waals surface area contributed by atoms with Gasteiger partial charge in [-0.3, -0.25) is 0 Å². The first kappa shape index (κ1) is 12.6. The van der Waals surface area contributed by atoms with Gasteiger partial charge in [0.15, 0.2) is 5.76 Å². The predicted molar refractivity (Wildman–Crippen MR) is 69.3 cm³/mol. The van der Waals surface area contributed by atoms with Crippen molar-refractivity contribution in [2.24, 2.45) is 5.73 Å². The Labute approximate surface area is 107 Å². The van der Waals surface area contributed by atoms with Gasteiger partial charge in [0.2, 0.25) is 0 Å². The van der Waals surface area contributed by atoms with Crippen molar-refractivity contribution in [1.29, 1.82) is 0 Å². The lowest BCUT2D eigenvalue weighted by atomic mass is 10.0. The molecule has 18 heavy (non-hydrogen) atoms. The quantitative estimate of drug-likeness (QED) is 0.881. The third kappa shape index (κ3) is 3.11. The van der Waals surface area contributed by atoms with Crippen LogP contribution in [0.25, 0.3) is 0 Å². The molecule has 1 aromatic carbocycles. The third-order valence-electron chi connectivity index (χ3n) is 2.74. The first-order valence-corrected chi connectivity index (χ1v) is 6.06. The highest BCUT2D eigenvalue weighted by atomic mass is 16.5. The summed E-state index contributed by atoms with van der Waals surface area (Å²) in [5, 5.41) is 3.80. The highest BCUT2D eigenvalue weighted by Crippen LogP contribution is 2.19. The minimum absolute atomic E-state index is 0.369. The molecule has 2 aromatic rings. The molecule has 0 aliphatic rings. The molecule has 4 heteroatoms. The van der Waals surface area contributed by atoms with Crippen LogP contribution < -0.4 is 10.5 Å². The lowest BCUT2D eigenvalue weighted by Crippen LogP contribution is -1.96. The van der Waals surface area contributed by atoms with Gasteiger partial charge < -0.3 is 15.0 Å². The SMILES string of the molecule is CC(C)c1ccc(OCc2cc(CN)no2)cc1. The molecule has 0 radical (unpaired) electrons. The third-order valence-corrected chi connectivity index (χ3v) is 2.74. The second kappa shape index (κ2) is 5.69. The van der Waals surface area contributed by atoms with Crippen LogP contribution in [-0.4, -0.2) is 5.16 Å². The van der Waals surface area contributed by atoms with Crippen molar-refractivity contribution in [3.8, 4) is 5.75 Å². The van der Waals surface area contributed by atoms with Gasteiger partial charge in [-0.2, -0.15) is 0 Å².